The molecule has 0 aliphatic carbocycles. The molecule has 0 bridgehead atoms. The Morgan fingerprint density at radius 2 is 2.07 bits per heavy atom. The van der Waals surface area contributed by atoms with E-state index in [0.717, 1.165) is 3.57 Å². The minimum Gasteiger partial charge on any atom is -0.507 e. The smallest absolute Gasteiger partial charge is 0.345 e. The largest absolute Gasteiger partial charge is 0.507 e. The molecule has 0 saturated heterocycles. The van der Waals surface area contributed by atoms with Crippen molar-refractivity contribution in [2.75, 3.05) is 14.2 Å². The van der Waals surface area contributed by atoms with E-state index in [2.05, 4.69) is 4.74 Å². The number of ether oxygens (including phenoxy) is 2. The van der Waals surface area contributed by atoms with E-state index in [1.54, 1.807) is 6.07 Å². The van der Waals surface area contributed by atoms with Crippen LogP contribution in [0.3, 0.4) is 0 Å². The molecular weight excluding hydrogens is 299 g/mol. The molecule has 0 unspecified atom stereocenters. The van der Waals surface area contributed by atoms with E-state index in [1.807, 2.05) is 22.6 Å². The molecule has 76 valence electrons. The van der Waals surface area contributed by atoms with Gasteiger partial charge in [0, 0.05) is 0 Å². The van der Waals surface area contributed by atoms with Crippen LogP contribution in [0.1, 0.15) is 10.4 Å². The van der Waals surface area contributed by atoms with Crippen LogP contribution in [0.5, 0.6) is 11.5 Å². The monoisotopic (exact) mass is 308 g/mol. The Morgan fingerprint density at radius 1 is 1.43 bits per heavy atom. The van der Waals surface area contributed by atoms with E-state index in [0.29, 0.717) is 5.75 Å². The second-order valence-electron chi connectivity index (χ2n) is 2.47. The van der Waals surface area contributed by atoms with Crippen LogP contribution in [0, 0.1) is 3.57 Å². The lowest BCUT2D eigenvalue weighted by atomic mass is 10.2. The Labute approximate surface area is 95.0 Å². The summed E-state index contributed by atoms with van der Waals surface area (Å²) in [5, 5.41) is 9.46. The highest BCUT2D eigenvalue weighted by molar-refractivity contribution is 14.1. The van der Waals surface area contributed by atoms with Crippen molar-refractivity contribution in [3.8, 4) is 11.5 Å². The van der Waals surface area contributed by atoms with E-state index >= 15 is 0 Å². The Morgan fingerprint density at radius 3 is 2.57 bits per heavy atom. The zero-order chi connectivity index (χ0) is 10.7. The molecule has 0 aliphatic heterocycles. The minimum atomic E-state index is -0.613. The number of esters is 1. The number of carbonyl (C=O) groups excluding carboxylic acids is 1. The average molecular weight is 308 g/mol. The highest BCUT2D eigenvalue weighted by atomic mass is 127. The van der Waals surface area contributed by atoms with Crippen molar-refractivity contribution in [3.05, 3.63) is 21.3 Å². The molecule has 0 spiro atoms. The van der Waals surface area contributed by atoms with Gasteiger partial charge in [-0.05, 0) is 34.7 Å². The molecule has 0 aliphatic rings. The number of phenols is 1. The topological polar surface area (TPSA) is 55.8 Å². The lowest BCUT2D eigenvalue weighted by Gasteiger charge is -2.09. The number of hydrogen-bond acceptors (Lipinski definition) is 4. The average Bonchev–Trinajstić information content (AvgIpc) is 2.19. The first-order valence-corrected chi connectivity index (χ1v) is 4.83. The van der Waals surface area contributed by atoms with Crippen molar-refractivity contribution in [2.24, 2.45) is 0 Å². The number of benzene rings is 1. The molecule has 0 amide bonds. The van der Waals surface area contributed by atoms with Gasteiger partial charge in [0.05, 0.1) is 17.8 Å². The van der Waals surface area contributed by atoms with Crippen LogP contribution in [0.2, 0.25) is 0 Å². The van der Waals surface area contributed by atoms with Crippen LogP contribution >= 0.6 is 22.6 Å². The molecule has 0 fully saturated rings. The predicted molar refractivity (Wildman–Crippen MR) is 58.7 cm³/mol. The quantitative estimate of drug-likeness (QED) is 0.668. The van der Waals surface area contributed by atoms with Crippen LogP contribution in [0.25, 0.3) is 0 Å². The summed E-state index contributed by atoms with van der Waals surface area (Å²) in [6, 6.07) is 3.08. The van der Waals surface area contributed by atoms with Crippen LogP contribution in [0.4, 0.5) is 0 Å². The molecule has 0 saturated carbocycles. The second-order valence-corrected chi connectivity index (χ2v) is 3.63. The third-order valence-electron chi connectivity index (χ3n) is 1.68. The third-order valence-corrected chi connectivity index (χ3v) is 2.53. The molecular formula is C9H9IO4. The van der Waals surface area contributed by atoms with Crippen LogP contribution in [-0.4, -0.2) is 25.3 Å². The summed E-state index contributed by atoms with van der Waals surface area (Å²) in [5.41, 5.74) is 0.0573. The lowest BCUT2D eigenvalue weighted by Crippen LogP contribution is -2.05. The van der Waals surface area contributed by atoms with Gasteiger partial charge in [-0.2, -0.15) is 0 Å². The molecule has 0 atom stereocenters. The summed E-state index contributed by atoms with van der Waals surface area (Å²) >= 11 is 2.01. The van der Waals surface area contributed by atoms with Crippen molar-refractivity contribution in [1.29, 1.82) is 0 Å². The fourth-order valence-electron chi connectivity index (χ4n) is 1.05. The molecule has 1 aromatic rings. The summed E-state index contributed by atoms with van der Waals surface area (Å²) < 4.78 is 10.3. The van der Waals surface area contributed by atoms with Crippen LogP contribution < -0.4 is 4.74 Å². The van der Waals surface area contributed by atoms with Crippen molar-refractivity contribution in [1.82, 2.24) is 0 Å². The molecule has 0 aromatic heterocycles. The fraction of sp³-hybridized carbons (Fsp3) is 0.222. The summed E-state index contributed by atoms with van der Waals surface area (Å²) in [7, 11) is 2.68. The molecule has 0 heterocycles. The zero-order valence-corrected chi connectivity index (χ0v) is 9.86. The molecule has 1 rings (SSSR count). The number of carbonyl (C=O) groups is 1. The predicted octanol–water partition coefficient (Wildman–Crippen LogP) is 1.79. The van der Waals surface area contributed by atoms with E-state index in [4.69, 9.17) is 4.74 Å². The maximum absolute atomic E-state index is 11.3. The first-order chi connectivity index (χ1) is 6.61. The molecule has 5 heteroatoms. The highest BCUT2D eigenvalue weighted by Gasteiger charge is 2.20. The first-order valence-electron chi connectivity index (χ1n) is 3.75. The third kappa shape index (κ3) is 1.92. The van der Waals surface area contributed by atoms with Crippen molar-refractivity contribution in [2.45, 2.75) is 0 Å². The maximum atomic E-state index is 11.3. The van der Waals surface area contributed by atoms with Gasteiger partial charge in [0.25, 0.3) is 0 Å². The van der Waals surface area contributed by atoms with Crippen molar-refractivity contribution < 1.29 is 19.4 Å². The SMILES string of the molecule is COC(=O)c1c(O)ccc(I)c1OC. The standard InChI is InChI=1S/C9H9IO4/c1-13-8-5(10)3-4-6(11)7(8)9(12)14-2/h3-4,11H,1-2H3. The number of halogens is 1. The second kappa shape index (κ2) is 4.50. The lowest BCUT2D eigenvalue weighted by molar-refractivity contribution is 0.0593. The summed E-state index contributed by atoms with van der Waals surface area (Å²) in [4.78, 5) is 11.3. The summed E-state index contributed by atoms with van der Waals surface area (Å²) in [6.45, 7) is 0. The number of hydrogen-bond donors (Lipinski definition) is 1. The van der Waals surface area contributed by atoms with Gasteiger partial charge in [-0.25, -0.2) is 4.79 Å². The van der Waals surface area contributed by atoms with Gasteiger partial charge < -0.3 is 14.6 Å². The van der Waals surface area contributed by atoms with Crippen molar-refractivity contribution in [3.63, 3.8) is 0 Å². The number of aromatic hydroxyl groups is 1. The van der Waals surface area contributed by atoms with Gasteiger partial charge in [-0.1, -0.05) is 0 Å². The van der Waals surface area contributed by atoms with Crippen LogP contribution in [-0.2, 0) is 4.74 Å². The fourth-order valence-corrected chi connectivity index (χ4v) is 1.72. The molecule has 1 aromatic carbocycles. The van der Waals surface area contributed by atoms with E-state index in [1.165, 1.54) is 20.3 Å². The Kier molecular flexibility index (Phi) is 3.56. The van der Waals surface area contributed by atoms with Crippen molar-refractivity contribution >= 4 is 28.6 Å². The molecule has 0 radical (unpaired) electrons. The Hall–Kier alpha value is -0.980. The Bertz CT molecular complexity index is 362. The maximum Gasteiger partial charge on any atom is 0.345 e. The van der Waals surface area contributed by atoms with E-state index < -0.39 is 5.97 Å². The normalized spacial score (nSPS) is 9.64. The van der Waals surface area contributed by atoms with Gasteiger partial charge in [-0.3, -0.25) is 0 Å². The van der Waals surface area contributed by atoms with E-state index in [-0.39, 0.29) is 11.3 Å². The highest BCUT2D eigenvalue weighted by Crippen LogP contribution is 2.32. The summed E-state index contributed by atoms with van der Waals surface area (Å²) in [5.74, 6) is -0.426. The summed E-state index contributed by atoms with van der Waals surface area (Å²) in [6.07, 6.45) is 0. The zero-order valence-electron chi connectivity index (χ0n) is 7.70. The molecule has 4 nitrogen and oxygen atoms in total. The molecule has 1 N–H and O–H groups in total. The minimum absolute atomic E-state index is 0.0573. The number of methoxy groups -OCH3 is 2. The molecule has 14 heavy (non-hydrogen) atoms. The van der Waals surface area contributed by atoms with Crippen LogP contribution in [0.15, 0.2) is 12.1 Å². The van der Waals surface area contributed by atoms with Gasteiger partial charge in [-0.15, -0.1) is 0 Å². The van der Waals surface area contributed by atoms with Gasteiger partial charge >= 0.3 is 5.97 Å². The first kappa shape index (κ1) is 11.1. The van der Waals surface area contributed by atoms with E-state index in [9.17, 15) is 9.90 Å². The Balaban J connectivity index is 3.37. The van der Waals surface area contributed by atoms with Gasteiger partial charge in [0.2, 0.25) is 0 Å². The van der Waals surface area contributed by atoms with Gasteiger partial charge in [0.15, 0.2) is 5.75 Å². The number of phenolic OH excluding ortho intramolecular Hbond substituents is 1. The van der Waals surface area contributed by atoms with Gasteiger partial charge in [0.1, 0.15) is 11.3 Å². The number of rotatable bonds is 2.